The second-order valence-electron chi connectivity index (χ2n) is 4.98. The molecule has 0 saturated heterocycles. The summed E-state index contributed by atoms with van der Waals surface area (Å²) in [5, 5.41) is 11.8. The maximum Gasteiger partial charge on any atom is 0.236 e. The molecule has 0 aliphatic carbocycles. The number of carbonyl (C=O) groups excluding carboxylic acids is 1. The SMILES string of the molecule is Cc1ccc(SC(C)C(=O)N(CCO)Cc2nccs2)cc1. The first-order chi connectivity index (χ1) is 10.6. The highest BCUT2D eigenvalue weighted by Crippen LogP contribution is 2.25. The van der Waals surface area contributed by atoms with Crippen molar-refractivity contribution in [1.29, 1.82) is 0 Å². The number of nitrogens with zero attached hydrogens (tertiary/aromatic N) is 2. The molecule has 22 heavy (non-hydrogen) atoms. The first-order valence-electron chi connectivity index (χ1n) is 7.11. The van der Waals surface area contributed by atoms with Crippen molar-refractivity contribution in [2.45, 2.75) is 30.5 Å². The Morgan fingerprint density at radius 2 is 2.14 bits per heavy atom. The van der Waals surface area contributed by atoms with Crippen LogP contribution in [0.2, 0.25) is 0 Å². The quantitative estimate of drug-likeness (QED) is 0.790. The zero-order valence-electron chi connectivity index (χ0n) is 12.7. The van der Waals surface area contributed by atoms with Crippen LogP contribution < -0.4 is 0 Å². The number of amides is 1. The van der Waals surface area contributed by atoms with Crippen molar-refractivity contribution < 1.29 is 9.90 Å². The van der Waals surface area contributed by atoms with Crippen LogP contribution in [0.4, 0.5) is 0 Å². The summed E-state index contributed by atoms with van der Waals surface area (Å²) in [6.07, 6.45) is 1.73. The lowest BCUT2D eigenvalue weighted by Gasteiger charge is -2.24. The average Bonchev–Trinajstić information content (AvgIpc) is 3.01. The third-order valence-corrected chi connectivity index (χ3v) is 5.04. The van der Waals surface area contributed by atoms with E-state index in [1.165, 1.54) is 28.7 Å². The number of aliphatic hydroxyl groups is 1. The Morgan fingerprint density at radius 3 is 2.73 bits per heavy atom. The van der Waals surface area contributed by atoms with Crippen LogP contribution in [0.15, 0.2) is 40.7 Å². The molecule has 0 aliphatic heterocycles. The van der Waals surface area contributed by atoms with Crippen LogP contribution in [0.3, 0.4) is 0 Å². The summed E-state index contributed by atoms with van der Waals surface area (Å²) in [5.41, 5.74) is 1.20. The van der Waals surface area contributed by atoms with Gasteiger partial charge in [-0.15, -0.1) is 23.1 Å². The number of thiazole rings is 1. The molecular formula is C16H20N2O2S2. The lowest BCUT2D eigenvalue weighted by molar-refractivity contribution is -0.131. The average molecular weight is 336 g/mol. The van der Waals surface area contributed by atoms with Gasteiger partial charge in [-0.1, -0.05) is 17.7 Å². The summed E-state index contributed by atoms with van der Waals surface area (Å²) in [7, 11) is 0. The highest BCUT2D eigenvalue weighted by molar-refractivity contribution is 8.00. The Labute approximate surface area is 139 Å². The Morgan fingerprint density at radius 1 is 1.41 bits per heavy atom. The molecule has 0 radical (unpaired) electrons. The zero-order chi connectivity index (χ0) is 15.9. The van der Waals surface area contributed by atoms with E-state index in [2.05, 4.69) is 4.98 Å². The molecule has 1 heterocycles. The largest absolute Gasteiger partial charge is 0.395 e. The van der Waals surface area contributed by atoms with Crippen LogP contribution in [0, 0.1) is 6.92 Å². The van der Waals surface area contributed by atoms with E-state index in [4.69, 9.17) is 0 Å². The van der Waals surface area contributed by atoms with Gasteiger partial charge in [0.05, 0.1) is 18.4 Å². The first kappa shape index (κ1) is 17.0. The third kappa shape index (κ3) is 4.83. The second-order valence-corrected chi connectivity index (χ2v) is 7.38. The summed E-state index contributed by atoms with van der Waals surface area (Å²) in [4.78, 5) is 19.6. The topological polar surface area (TPSA) is 53.4 Å². The van der Waals surface area contributed by atoms with Gasteiger partial charge in [0.2, 0.25) is 5.91 Å². The van der Waals surface area contributed by atoms with E-state index >= 15 is 0 Å². The van der Waals surface area contributed by atoms with Crippen molar-refractivity contribution >= 4 is 29.0 Å². The molecule has 4 nitrogen and oxygen atoms in total. The number of rotatable bonds is 7. The molecule has 1 aromatic heterocycles. The molecule has 0 aliphatic rings. The van der Waals surface area contributed by atoms with Gasteiger partial charge in [-0.05, 0) is 26.0 Å². The van der Waals surface area contributed by atoms with Crippen molar-refractivity contribution in [3.05, 3.63) is 46.4 Å². The maximum absolute atomic E-state index is 12.6. The number of carbonyl (C=O) groups is 1. The van der Waals surface area contributed by atoms with E-state index in [0.29, 0.717) is 13.1 Å². The fraction of sp³-hybridized carbons (Fsp3) is 0.375. The Balaban J connectivity index is 2.00. The van der Waals surface area contributed by atoms with Gasteiger partial charge in [0, 0.05) is 23.0 Å². The molecule has 118 valence electrons. The van der Waals surface area contributed by atoms with Gasteiger partial charge in [-0.25, -0.2) is 4.98 Å². The van der Waals surface area contributed by atoms with Gasteiger partial charge in [-0.2, -0.15) is 0 Å². The normalized spacial score (nSPS) is 12.1. The van der Waals surface area contributed by atoms with Crippen LogP contribution in [0.25, 0.3) is 0 Å². The second kappa shape index (κ2) is 8.31. The monoisotopic (exact) mass is 336 g/mol. The number of thioether (sulfide) groups is 1. The van der Waals surface area contributed by atoms with E-state index in [1.807, 2.05) is 43.5 Å². The molecule has 0 bridgehead atoms. The molecule has 1 N–H and O–H groups in total. The lowest BCUT2D eigenvalue weighted by atomic mass is 10.2. The van der Waals surface area contributed by atoms with Crippen molar-refractivity contribution in [3.63, 3.8) is 0 Å². The van der Waals surface area contributed by atoms with Gasteiger partial charge in [0.15, 0.2) is 0 Å². The van der Waals surface area contributed by atoms with Crippen LogP contribution in [0.1, 0.15) is 17.5 Å². The minimum Gasteiger partial charge on any atom is -0.395 e. The number of aliphatic hydroxyl groups excluding tert-OH is 1. The molecule has 0 spiro atoms. The Hall–Kier alpha value is -1.37. The van der Waals surface area contributed by atoms with Gasteiger partial charge < -0.3 is 10.0 Å². The number of benzene rings is 1. The predicted octanol–water partition coefficient (Wildman–Crippen LogP) is 2.95. The molecule has 0 fully saturated rings. The minimum atomic E-state index is -0.200. The van der Waals surface area contributed by atoms with E-state index in [1.54, 1.807) is 11.1 Å². The Kier molecular flexibility index (Phi) is 6.42. The van der Waals surface area contributed by atoms with Gasteiger partial charge in [0.1, 0.15) is 5.01 Å². The van der Waals surface area contributed by atoms with E-state index in [9.17, 15) is 9.90 Å². The first-order valence-corrected chi connectivity index (χ1v) is 8.87. The molecule has 2 aromatic rings. The molecule has 1 atom stereocenters. The number of hydrogen-bond donors (Lipinski definition) is 1. The van der Waals surface area contributed by atoms with Gasteiger partial charge >= 0.3 is 0 Å². The summed E-state index contributed by atoms with van der Waals surface area (Å²) in [6.45, 7) is 4.69. The molecule has 6 heteroatoms. The fourth-order valence-electron chi connectivity index (χ4n) is 2.01. The van der Waals surface area contributed by atoms with Crippen molar-refractivity contribution in [2.24, 2.45) is 0 Å². The summed E-state index contributed by atoms with van der Waals surface area (Å²) in [6, 6.07) is 8.14. The number of aryl methyl sites for hydroxylation is 1. The minimum absolute atomic E-state index is 0.0230. The van der Waals surface area contributed by atoms with E-state index < -0.39 is 0 Å². The molecule has 2 rings (SSSR count). The third-order valence-electron chi connectivity index (χ3n) is 3.17. The molecule has 1 aromatic carbocycles. The van der Waals surface area contributed by atoms with E-state index in [-0.39, 0.29) is 17.8 Å². The lowest BCUT2D eigenvalue weighted by Crippen LogP contribution is -2.38. The zero-order valence-corrected chi connectivity index (χ0v) is 14.4. The smallest absolute Gasteiger partial charge is 0.236 e. The molecule has 0 saturated carbocycles. The van der Waals surface area contributed by atoms with Crippen molar-refractivity contribution in [3.8, 4) is 0 Å². The Bertz CT molecular complexity index is 585. The summed E-state index contributed by atoms with van der Waals surface area (Å²) in [5.74, 6) is 0.0230. The molecular weight excluding hydrogens is 316 g/mol. The summed E-state index contributed by atoms with van der Waals surface area (Å²) < 4.78 is 0. The molecule has 1 unspecified atom stereocenters. The van der Waals surface area contributed by atoms with Crippen LogP contribution >= 0.6 is 23.1 Å². The maximum atomic E-state index is 12.6. The van der Waals surface area contributed by atoms with Gasteiger partial charge in [0.25, 0.3) is 0 Å². The highest BCUT2D eigenvalue weighted by atomic mass is 32.2. The molecule has 1 amide bonds. The number of aromatic nitrogens is 1. The van der Waals surface area contributed by atoms with Crippen LogP contribution in [0.5, 0.6) is 0 Å². The van der Waals surface area contributed by atoms with E-state index in [0.717, 1.165) is 9.90 Å². The fourth-order valence-corrected chi connectivity index (χ4v) is 3.59. The predicted molar refractivity (Wildman–Crippen MR) is 91.1 cm³/mol. The summed E-state index contributed by atoms with van der Waals surface area (Å²) >= 11 is 3.06. The van der Waals surface area contributed by atoms with Gasteiger partial charge in [-0.3, -0.25) is 4.79 Å². The van der Waals surface area contributed by atoms with Crippen LogP contribution in [-0.2, 0) is 11.3 Å². The van der Waals surface area contributed by atoms with Crippen LogP contribution in [-0.4, -0.2) is 39.3 Å². The van der Waals surface area contributed by atoms with Crippen molar-refractivity contribution in [1.82, 2.24) is 9.88 Å². The highest BCUT2D eigenvalue weighted by Gasteiger charge is 2.22. The standard InChI is InChI=1S/C16H20N2O2S2/c1-12-3-5-14(6-4-12)22-13(2)16(20)18(8-9-19)11-15-17-7-10-21-15/h3-7,10,13,19H,8-9,11H2,1-2H3. The van der Waals surface area contributed by atoms with Crippen molar-refractivity contribution in [2.75, 3.05) is 13.2 Å². The number of hydrogen-bond acceptors (Lipinski definition) is 5.